The molecule has 10 nitrogen and oxygen atoms in total. The van der Waals surface area contributed by atoms with E-state index in [9.17, 15) is 9.59 Å². The second-order valence-electron chi connectivity index (χ2n) is 13.6. The number of rotatable bonds is 25. The Labute approximate surface area is 311 Å². The molecule has 0 aliphatic rings. The molecule has 2 amide bonds. The Hall–Kier alpha value is -2.48. The minimum absolute atomic E-state index is 0.0148. The van der Waals surface area contributed by atoms with Crippen molar-refractivity contribution in [3.8, 4) is 11.5 Å². The summed E-state index contributed by atoms with van der Waals surface area (Å²) < 4.78 is 11.8. The van der Waals surface area contributed by atoms with Gasteiger partial charge in [0.05, 0.1) is 24.3 Å². The molecule has 282 valence electrons. The van der Waals surface area contributed by atoms with E-state index >= 15 is 0 Å². The SMILES string of the molecule is CCOc1ccc(C(=O)N(CCCN(C)C)CCCN(C)C)c(SSc2cc(OCC)ccc2C(=O)N(CCCN(C)C)CCCN(C)C)c1. The predicted molar refractivity (Wildman–Crippen MR) is 211 cm³/mol. The highest BCUT2D eigenvalue weighted by atomic mass is 33.1. The van der Waals surface area contributed by atoms with Crippen molar-refractivity contribution >= 4 is 33.4 Å². The summed E-state index contributed by atoms with van der Waals surface area (Å²) in [6.07, 6.45) is 3.57. The summed E-state index contributed by atoms with van der Waals surface area (Å²) in [4.78, 5) is 42.7. The molecule has 50 heavy (non-hydrogen) atoms. The van der Waals surface area contributed by atoms with Gasteiger partial charge in [-0.2, -0.15) is 0 Å². The molecule has 2 aromatic carbocycles. The van der Waals surface area contributed by atoms with E-state index in [4.69, 9.17) is 9.47 Å². The summed E-state index contributed by atoms with van der Waals surface area (Å²) in [5, 5.41) is 0. The van der Waals surface area contributed by atoms with Crippen molar-refractivity contribution in [2.24, 2.45) is 0 Å². The van der Waals surface area contributed by atoms with E-state index in [0.29, 0.717) is 62.0 Å². The Kier molecular flexibility index (Phi) is 20.9. The fraction of sp³-hybridized carbons (Fsp3) is 0.632. The van der Waals surface area contributed by atoms with E-state index < -0.39 is 0 Å². The number of ether oxygens (including phenoxy) is 2. The van der Waals surface area contributed by atoms with Gasteiger partial charge in [-0.3, -0.25) is 9.59 Å². The van der Waals surface area contributed by atoms with Crippen LogP contribution < -0.4 is 9.47 Å². The second kappa shape index (κ2) is 23.9. The molecular weight excluding hydrogens is 669 g/mol. The summed E-state index contributed by atoms with van der Waals surface area (Å²) in [5.74, 6) is 1.46. The van der Waals surface area contributed by atoms with E-state index in [1.165, 1.54) is 21.6 Å². The lowest BCUT2D eigenvalue weighted by Crippen LogP contribution is -2.35. The van der Waals surface area contributed by atoms with E-state index in [1.54, 1.807) is 0 Å². The molecule has 0 saturated carbocycles. The molecule has 2 rings (SSSR count). The van der Waals surface area contributed by atoms with Crippen LogP contribution in [0.3, 0.4) is 0 Å². The van der Waals surface area contributed by atoms with Gasteiger partial charge in [-0.15, -0.1) is 0 Å². The Morgan fingerprint density at radius 3 is 1.06 bits per heavy atom. The Balaban J connectivity index is 2.47. The first-order valence-electron chi connectivity index (χ1n) is 17.9. The number of hydrogen-bond acceptors (Lipinski definition) is 10. The third kappa shape index (κ3) is 16.2. The van der Waals surface area contributed by atoms with Crippen molar-refractivity contribution in [2.45, 2.75) is 49.3 Å². The van der Waals surface area contributed by atoms with Gasteiger partial charge in [0, 0.05) is 36.0 Å². The zero-order chi connectivity index (χ0) is 37.1. The summed E-state index contributed by atoms with van der Waals surface area (Å²) in [5.41, 5.74) is 1.28. The molecule has 0 aromatic heterocycles. The van der Waals surface area contributed by atoms with Crippen molar-refractivity contribution in [3.05, 3.63) is 47.5 Å². The first kappa shape index (κ1) is 43.7. The molecule has 0 unspecified atom stereocenters. The molecule has 0 aliphatic heterocycles. The molecule has 0 radical (unpaired) electrons. The third-order valence-corrected chi connectivity index (χ3v) is 10.4. The van der Waals surface area contributed by atoms with Crippen molar-refractivity contribution in [3.63, 3.8) is 0 Å². The summed E-state index contributed by atoms with van der Waals surface area (Å²) in [6, 6.07) is 11.5. The minimum Gasteiger partial charge on any atom is -0.494 e. The number of carbonyl (C=O) groups is 2. The predicted octanol–water partition coefficient (Wildman–Crippen LogP) is 5.97. The highest BCUT2D eigenvalue weighted by Crippen LogP contribution is 2.43. The molecule has 0 fully saturated rings. The molecule has 0 bridgehead atoms. The number of benzene rings is 2. The van der Waals surface area contributed by atoms with Gasteiger partial charge in [0.25, 0.3) is 11.8 Å². The first-order chi connectivity index (χ1) is 23.9. The molecule has 2 aromatic rings. The Morgan fingerprint density at radius 1 is 0.500 bits per heavy atom. The molecular formula is C38H64N6O4S2. The molecule has 0 spiro atoms. The normalized spacial score (nSPS) is 11.6. The van der Waals surface area contributed by atoms with Crippen LogP contribution in [-0.4, -0.2) is 163 Å². The Morgan fingerprint density at radius 2 is 0.800 bits per heavy atom. The monoisotopic (exact) mass is 732 g/mol. The van der Waals surface area contributed by atoms with Crippen molar-refractivity contribution in [2.75, 3.05) is 122 Å². The van der Waals surface area contributed by atoms with E-state index in [-0.39, 0.29) is 11.8 Å². The second-order valence-corrected chi connectivity index (χ2v) is 15.8. The summed E-state index contributed by atoms with van der Waals surface area (Å²) in [6.45, 7) is 11.3. The highest BCUT2D eigenvalue weighted by molar-refractivity contribution is 8.76. The smallest absolute Gasteiger partial charge is 0.255 e. The van der Waals surface area contributed by atoms with Gasteiger partial charge >= 0.3 is 0 Å². The number of nitrogens with zero attached hydrogens (tertiary/aromatic N) is 6. The van der Waals surface area contributed by atoms with Crippen LogP contribution in [0.25, 0.3) is 0 Å². The molecule has 0 saturated heterocycles. The lowest BCUT2D eigenvalue weighted by atomic mass is 10.1. The molecule has 0 aliphatic carbocycles. The van der Waals surface area contributed by atoms with Crippen LogP contribution in [0, 0.1) is 0 Å². The summed E-state index contributed by atoms with van der Waals surface area (Å²) in [7, 11) is 19.4. The number of carbonyl (C=O) groups excluding carboxylic acids is 2. The van der Waals surface area contributed by atoms with E-state index in [1.807, 2.05) is 60.0 Å². The van der Waals surface area contributed by atoms with Gasteiger partial charge in [0.2, 0.25) is 0 Å². The van der Waals surface area contributed by atoms with Gasteiger partial charge in [-0.25, -0.2) is 0 Å². The largest absolute Gasteiger partial charge is 0.494 e. The quantitative estimate of drug-likeness (QED) is 0.114. The molecule has 0 atom stereocenters. The van der Waals surface area contributed by atoms with Crippen LogP contribution in [-0.2, 0) is 0 Å². The highest BCUT2D eigenvalue weighted by Gasteiger charge is 2.23. The Bertz CT molecular complexity index is 1170. The molecule has 12 heteroatoms. The van der Waals surface area contributed by atoms with Crippen LogP contribution >= 0.6 is 21.6 Å². The number of hydrogen-bond donors (Lipinski definition) is 0. The lowest BCUT2D eigenvalue weighted by molar-refractivity contribution is 0.0734. The maximum absolute atomic E-state index is 14.2. The van der Waals surface area contributed by atoms with Gasteiger partial charge in [0.1, 0.15) is 11.5 Å². The average Bonchev–Trinajstić information content (AvgIpc) is 3.05. The number of amides is 2. The lowest BCUT2D eigenvalue weighted by Gasteiger charge is -2.26. The minimum atomic E-state index is 0.0148. The molecule has 0 heterocycles. The first-order valence-corrected chi connectivity index (χ1v) is 20.1. The van der Waals surface area contributed by atoms with Crippen molar-refractivity contribution < 1.29 is 19.1 Å². The van der Waals surface area contributed by atoms with Crippen molar-refractivity contribution in [1.29, 1.82) is 0 Å². The van der Waals surface area contributed by atoms with Gasteiger partial charge in [-0.05, 0) is 158 Å². The summed E-state index contributed by atoms with van der Waals surface area (Å²) >= 11 is 0. The zero-order valence-corrected chi connectivity index (χ0v) is 34.1. The fourth-order valence-electron chi connectivity index (χ4n) is 5.38. The maximum Gasteiger partial charge on any atom is 0.255 e. The maximum atomic E-state index is 14.2. The standard InChI is InChI=1S/C38H64N6O4S2/c1-11-47-31-17-19-33(37(45)43(25-13-21-39(3)4)26-14-22-40(5)6)35(29-31)49-50-36-30-32(48-12-2)18-20-34(36)38(46)44(27-15-23-41(7)8)28-16-24-42(9)10/h17-20,29-30H,11-16,21-28H2,1-10H3. The van der Waals surface area contributed by atoms with Crippen LogP contribution in [0.15, 0.2) is 46.2 Å². The third-order valence-electron chi connectivity index (χ3n) is 7.92. The van der Waals surface area contributed by atoms with Gasteiger partial charge < -0.3 is 38.9 Å². The van der Waals surface area contributed by atoms with Crippen LogP contribution in [0.5, 0.6) is 11.5 Å². The molecule has 0 N–H and O–H groups in total. The van der Waals surface area contributed by atoms with E-state index in [2.05, 4.69) is 76.0 Å². The zero-order valence-electron chi connectivity index (χ0n) is 32.5. The van der Waals surface area contributed by atoms with Crippen LogP contribution in [0.4, 0.5) is 0 Å². The topological polar surface area (TPSA) is 72.0 Å². The van der Waals surface area contributed by atoms with Crippen LogP contribution in [0.2, 0.25) is 0 Å². The van der Waals surface area contributed by atoms with Gasteiger partial charge in [-0.1, -0.05) is 21.6 Å². The van der Waals surface area contributed by atoms with Crippen molar-refractivity contribution in [1.82, 2.24) is 29.4 Å². The van der Waals surface area contributed by atoms with Crippen LogP contribution in [0.1, 0.15) is 60.2 Å². The van der Waals surface area contributed by atoms with E-state index in [0.717, 1.165) is 61.7 Å². The van der Waals surface area contributed by atoms with Gasteiger partial charge in [0.15, 0.2) is 0 Å². The fourth-order valence-corrected chi connectivity index (χ4v) is 7.75. The average molecular weight is 733 g/mol.